The Labute approximate surface area is 117 Å². The fraction of sp³-hybridized carbons (Fsp3) is 0.333. The fourth-order valence-electron chi connectivity index (χ4n) is 1.02. The van der Waals surface area contributed by atoms with Gasteiger partial charge in [-0.05, 0) is 23.3 Å². The van der Waals surface area contributed by atoms with Gasteiger partial charge in [0, 0.05) is 0 Å². The van der Waals surface area contributed by atoms with Gasteiger partial charge in [0.05, 0.1) is 14.6 Å². The number of alkyl halides is 4. The van der Waals surface area contributed by atoms with Crippen LogP contribution in [0, 0.1) is 0 Å². The normalized spacial score (nSPS) is 11.1. The fourth-order valence-corrected chi connectivity index (χ4v) is 2.07. The van der Waals surface area contributed by atoms with Crippen LogP contribution >= 0.6 is 63.7 Å². The molecule has 0 aliphatic heterocycles. The maximum absolute atomic E-state index is 5.21. The molecule has 0 saturated carbocycles. The second kappa shape index (κ2) is 5.87. The Hall–Kier alpha value is 0.940. The predicted molar refractivity (Wildman–Crippen MR) is 74.2 cm³/mol. The average Bonchev–Trinajstić information content (AvgIpc) is 2.16. The van der Waals surface area contributed by atoms with Crippen molar-refractivity contribution in [2.45, 2.75) is 7.47 Å². The molecule has 1 nitrogen and oxygen atoms in total. The highest BCUT2D eigenvalue weighted by Crippen LogP contribution is 2.37. The zero-order chi connectivity index (χ0) is 10.7. The maximum Gasteiger partial charge on any atom is 0.119 e. The van der Waals surface area contributed by atoms with Gasteiger partial charge in [0.1, 0.15) is 5.75 Å². The standard InChI is InChI=1S/C9H8Br4O/c1-14-7-3-5(8(10)11)2-6(4-7)9(12)13/h2-4,8-9H,1H3. The SMILES string of the molecule is COc1cc(C(Br)Br)cc(C(Br)Br)c1. The van der Waals surface area contributed by atoms with Crippen LogP contribution in [0.5, 0.6) is 5.75 Å². The number of rotatable bonds is 3. The molecule has 0 spiro atoms. The van der Waals surface area contributed by atoms with E-state index < -0.39 is 0 Å². The molecule has 0 saturated heterocycles. The van der Waals surface area contributed by atoms with Gasteiger partial charge in [-0.3, -0.25) is 0 Å². The number of benzene rings is 1. The Morgan fingerprint density at radius 1 is 0.929 bits per heavy atom. The van der Waals surface area contributed by atoms with E-state index in [9.17, 15) is 0 Å². The highest BCUT2D eigenvalue weighted by Gasteiger charge is 2.10. The van der Waals surface area contributed by atoms with E-state index in [1.54, 1.807) is 7.11 Å². The molecule has 0 N–H and O–H groups in total. The lowest BCUT2D eigenvalue weighted by Crippen LogP contribution is -1.90. The van der Waals surface area contributed by atoms with Gasteiger partial charge in [0.25, 0.3) is 0 Å². The van der Waals surface area contributed by atoms with Crippen molar-refractivity contribution in [2.24, 2.45) is 0 Å². The van der Waals surface area contributed by atoms with Crippen LogP contribution in [-0.4, -0.2) is 7.11 Å². The van der Waals surface area contributed by atoms with E-state index in [2.05, 4.69) is 69.8 Å². The molecule has 0 heterocycles. The van der Waals surface area contributed by atoms with Gasteiger partial charge >= 0.3 is 0 Å². The van der Waals surface area contributed by atoms with Crippen LogP contribution in [0.25, 0.3) is 0 Å². The predicted octanol–water partition coefficient (Wildman–Crippen LogP) is 5.27. The third-order valence-electron chi connectivity index (χ3n) is 1.69. The minimum atomic E-state index is 0.141. The average molecular weight is 452 g/mol. The van der Waals surface area contributed by atoms with Crippen LogP contribution in [-0.2, 0) is 0 Å². The number of ether oxygens (including phenoxy) is 1. The monoisotopic (exact) mass is 448 g/mol. The Kier molecular flexibility index (Phi) is 5.45. The molecule has 0 fully saturated rings. The largest absolute Gasteiger partial charge is 0.497 e. The first kappa shape index (κ1) is 13.0. The van der Waals surface area contributed by atoms with Crippen molar-refractivity contribution in [1.82, 2.24) is 0 Å². The summed E-state index contributed by atoms with van der Waals surface area (Å²) in [6.45, 7) is 0. The van der Waals surface area contributed by atoms with Gasteiger partial charge in [-0.1, -0.05) is 69.8 Å². The van der Waals surface area contributed by atoms with E-state index in [0.717, 1.165) is 16.9 Å². The zero-order valence-electron chi connectivity index (χ0n) is 7.31. The van der Waals surface area contributed by atoms with Crippen LogP contribution in [0.3, 0.4) is 0 Å². The lowest BCUT2D eigenvalue weighted by molar-refractivity contribution is 0.414. The summed E-state index contributed by atoms with van der Waals surface area (Å²) in [4.78, 5) is 0. The van der Waals surface area contributed by atoms with Crippen LogP contribution in [0.2, 0.25) is 0 Å². The van der Waals surface area contributed by atoms with Crippen molar-refractivity contribution in [3.8, 4) is 5.75 Å². The molecule has 0 radical (unpaired) electrons. The smallest absolute Gasteiger partial charge is 0.119 e. The lowest BCUT2D eigenvalue weighted by atomic mass is 10.1. The summed E-state index contributed by atoms with van der Waals surface area (Å²) in [6, 6.07) is 6.06. The molecule has 78 valence electrons. The Morgan fingerprint density at radius 2 is 1.36 bits per heavy atom. The Bertz CT molecular complexity index is 285. The molecule has 0 aliphatic carbocycles. The molecule has 0 bridgehead atoms. The molecule has 0 aromatic heterocycles. The van der Waals surface area contributed by atoms with Crippen molar-refractivity contribution in [1.29, 1.82) is 0 Å². The maximum atomic E-state index is 5.21. The molecule has 0 unspecified atom stereocenters. The summed E-state index contributed by atoms with van der Waals surface area (Å²) in [5.74, 6) is 0.852. The summed E-state index contributed by atoms with van der Waals surface area (Å²) >= 11 is 13.8. The van der Waals surface area contributed by atoms with Gasteiger partial charge in [-0.15, -0.1) is 0 Å². The lowest BCUT2D eigenvalue weighted by Gasteiger charge is -2.10. The van der Waals surface area contributed by atoms with Gasteiger partial charge in [0.2, 0.25) is 0 Å². The molecular formula is C9H8Br4O. The van der Waals surface area contributed by atoms with Crippen molar-refractivity contribution < 1.29 is 4.74 Å². The zero-order valence-corrected chi connectivity index (χ0v) is 13.7. The summed E-state index contributed by atoms with van der Waals surface area (Å²) in [5.41, 5.74) is 2.26. The van der Waals surface area contributed by atoms with E-state index in [1.165, 1.54) is 0 Å². The van der Waals surface area contributed by atoms with E-state index in [0.29, 0.717) is 0 Å². The quantitative estimate of drug-likeness (QED) is 0.569. The molecule has 0 amide bonds. The first-order valence-corrected chi connectivity index (χ1v) is 7.46. The third-order valence-corrected chi connectivity index (χ3v) is 3.81. The highest BCUT2D eigenvalue weighted by atomic mass is 79.9. The van der Waals surface area contributed by atoms with Crippen molar-refractivity contribution >= 4 is 63.7 Å². The molecule has 1 rings (SSSR count). The Morgan fingerprint density at radius 3 is 1.64 bits per heavy atom. The van der Waals surface area contributed by atoms with Crippen LogP contribution in [0.15, 0.2) is 18.2 Å². The molecule has 14 heavy (non-hydrogen) atoms. The van der Waals surface area contributed by atoms with E-state index in [4.69, 9.17) is 4.74 Å². The van der Waals surface area contributed by atoms with Crippen molar-refractivity contribution in [3.05, 3.63) is 29.3 Å². The minimum absolute atomic E-state index is 0.141. The number of hydrogen-bond acceptors (Lipinski definition) is 1. The second-order valence-electron chi connectivity index (χ2n) is 2.64. The van der Waals surface area contributed by atoms with Gasteiger partial charge < -0.3 is 4.74 Å². The van der Waals surface area contributed by atoms with E-state index in [-0.39, 0.29) is 7.47 Å². The first-order chi connectivity index (χ1) is 6.54. The molecular weight excluding hydrogens is 444 g/mol. The second-order valence-corrected chi connectivity index (χ2v) is 8.76. The molecule has 1 aromatic rings. The number of hydrogen-bond donors (Lipinski definition) is 0. The molecule has 0 atom stereocenters. The molecule has 1 aromatic carbocycles. The Balaban J connectivity index is 3.13. The summed E-state index contributed by atoms with van der Waals surface area (Å²) in [7, 11) is 1.66. The van der Waals surface area contributed by atoms with Crippen molar-refractivity contribution in [3.63, 3.8) is 0 Å². The number of halogens is 4. The first-order valence-electron chi connectivity index (χ1n) is 3.79. The minimum Gasteiger partial charge on any atom is -0.497 e. The van der Waals surface area contributed by atoms with E-state index >= 15 is 0 Å². The molecule has 0 aliphatic rings. The summed E-state index contributed by atoms with van der Waals surface area (Å²) in [6.07, 6.45) is 0. The van der Waals surface area contributed by atoms with Crippen LogP contribution < -0.4 is 4.74 Å². The summed E-state index contributed by atoms with van der Waals surface area (Å²) < 4.78 is 5.50. The highest BCUT2D eigenvalue weighted by molar-refractivity contribution is 9.24. The van der Waals surface area contributed by atoms with Crippen molar-refractivity contribution in [2.75, 3.05) is 7.11 Å². The topological polar surface area (TPSA) is 9.23 Å². The molecule has 5 heteroatoms. The van der Waals surface area contributed by atoms with Gasteiger partial charge in [-0.25, -0.2) is 0 Å². The third kappa shape index (κ3) is 3.51. The van der Waals surface area contributed by atoms with E-state index in [1.807, 2.05) is 12.1 Å². The number of methoxy groups -OCH3 is 1. The van der Waals surface area contributed by atoms with Crippen LogP contribution in [0.1, 0.15) is 18.6 Å². The van der Waals surface area contributed by atoms with Crippen LogP contribution in [0.4, 0.5) is 0 Å². The van der Waals surface area contributed by atoms with Gasteiger partial charge in [0.15, 0.2) is 0 Å². The summed E-state index contributed by atoms with van der Waals surface area (Å²) in [5, 5.41) is 0. The van der Waals surface area contributed by atoms with Gasteiger partial charge in [-0.2, -0.15) is 0 Å².